The molecule has 2 rings (SSSR count). The predicted octanol–water partition coefficient (Wildman–Crippen LogP) is 3.48. The van der Waals surface area contributed by atoms with Gasteiger partial charge in [-0.3, -0.25) is 4.79 Å². The smallest absolute Gasteiger partial charge is 0.231 e. The highest BCUT2D eigenvalue weighted by Crippen LogP contribution is 2.19. The van der Waals surface area contributed by atoms with Crippen LogP contribution in [0.1, 0.15) is 36.5 Å². The Hall–Kier alpha value is -2.13. The first-order valence-corrected chi connectivity index (χ1v) is 7.23. The van der Waals surface area contributed by atoms with E-state index in [4.69, 9.17) is 5.11 Å². The van der Waals surface area contributed by atoms with Crippen LogP contribution in [0.5, 0.6) is 0 Å². The molecule has 1 atom stereocenters. The van der Waals surface area contributed by atoms with Crippen molar-refractivity contribution in [3.8, 4) is 0 Å². The average molecular weight is 283 g/mol. The lowest BCUT2D eigenvalue weighted by atomic mass is 9.98. The van der Waals surface area contributed by atoms with Gasteiger partial charge in [-0.25, -0.2) is 0 Å². The van der Waals surface area contributed by atoms with Crippen molar-refractivity contribution >= 4 is 11.6 Å². The van der Waals surface area contributed by atoms with Crippen LogP contribution < -0.4 is 5.32 Å². The van der Waals surface area contributed by atoms with Gasteiger partial charge in [-0.2, -0.15) is 0 Å². The van der Waals surface area contributed by atoms with Crippen molar-refractivity contribution in [3.05, 3.63) is 65.2 Å². The van der Waals surface area contributed by atoms with Gasteiger partial charge < -0.3 is 10.4 Å². The van der Waals surface area contributed by atoms with Crippen LogP contribution in [0, 0.1) is 0 Å². The van der Waals surface area contributed by atoms with E-state index in [9.17, 15) is 4.79 Å². The van der Waals surface area contributed by atoms with Gasteiger partial charge in [-0.15, -0.1) is 0 Å². The molecule has 3 heteroatoms. The highest BCUT2D eigenvalue weighted by molar-refractivity contribution is 5.95. The molecule has 3 nitrogen and oxygen atoms in total. The van der Waals surface area contributed by atoms with Gasteiger partial charge in [0.2, 0.25) is 5.91 Å². The molecule has 0 saturated heterocycles. The monoisotopic (exact) mass is 283 g/mol. The highest BCUT2D eigenvalue weighted by Gasteiger charge is 2.15. The van der Waals surface area contributed by atoms with Gasteiger partial charge in [0, 0.05) is 5.69 Å². The summed E-state index contributed by atoms with van der Waals surface area (Å²) in [6, 6.07) is 15.4. The summed E-state index contributed by atoms with van der Waals surface area (Å²) in [6.45, 7) is 3.98. The van der Waals surface area contributed by atoms with Crippen LogP contribution in [0.2, 0.25) is 0 Å². The maximum Gasteiger partial charge on any atom is 0.231 e. The first-order valence-electron chi connectivity index (χ1n) is 7.23. The molecule has 2 N–H and O–H groups in total. The Bertz CT molecular complexity index is 605. The third-order valence-corrected chi connectivity index (χ3v) is 3.66. The van der Waals surface area contributed by atoms with Crippen LogP contribution in [-0.4, -0.2) is 11.0 Å². The SMILES string of the molecule is CCc1ccc(C(C)C(=O)Nc2cccc(CO)c2)cc1. The number of amides is 1. The number of benzene rings is 2. The van der Waals surface area contributed by atoms with Crippen molar-refractivity contribution < 1.29 is 9.90 Å². The van der Waals surface area contributed by atoms with Crippen LogP contribution in [0.4, 0.5) is 5.69 Å². The van der Waals surface area contributed by atoms with Gasteiger partial charge in [0.15, 0.2) is 0 Å². The lowest BCUT2D eigenvalue weighted by Gasteiger charge is -2.13. The number of aliphatic hydroxyl groups excluding tert-OH is 1. The van der Waals surface area contributed by atoms with Gasteiger partial charge in [-0.1, -0.05) is 43.3 Å². The minimum Gasteiger partial charge on any atom is -0.392 e. The molecule has 21 heavy (non-hydrogen) atoms. The van der Waals surface area contributed by atoms with E-state index in [2.05, 4.69) is 24.4 Å². The molecule has 0 aliphatic carbocycles. The zero-order valence-corrected chi connectivity index (χ0v) is 12.5. The highest BCUT2D eigenvalue weighted by atomic mass is 16.3. The maximum absolute atomic E-state index is 12.3. The number of aliphatic hydroxyl groups is 1. The number of hydrogen-bond donors (Lipinski definition) is 2. The number of anilines is 1. The van der Waals surface area contributed by atoms with Crippen LogP contribution in [0.25, 0.3) is 0 Å². The lowest BCUT2D eigenvalue weighted by molar-refractivity contribution is -0.117. The molecule has 0 heterocycles. The predicted molar refractivity (Wildman–Crippen MR) is 85.2 cm³/mol. The minimum absolute atomic E-state index is 0.0300. The summed E-state index contributed by atoms with van der Waals surface area (Å²) in [7, 11) is 0. The standard InChI is InChI=1S/C18H21NO2/c1-3-14-7-9-16(10-8-14)13(2)18(21)19-17-6-4-5-15(11-17)12-20/h4-11,13,20H,3,12H2,1-2H3,(H,19,21). The molecule has 0 saturated carbocycles. The van der Waals surface area contributed by atoms with Gasteiger partial charge in [0.1, 0.15) is 0 Å². The van der Waals surface area contributed by atoms with Gasteiger partial charge in [0.05, 0.1) is 12.5 Å². The van der Waals surface area contributed by atoms with Crippen molar-refractivity contribution in [3.63, 3.8) is 0 Å². The van der Waals surface area contributed by atoms with E-state index >= 15 is 0 Å². The molecule has 0 aliphatic rings. The summed E-state index contributed by atoms with van der Waals surface area (Å²) in [5.74, 6) is -0.261. The van der Waals surface area contributed by atoms with E-state index in [0.717, 1.165) is 17.5 Å². The summed E-state index contributed by atoms with van der Waals surface area (Å²) in [6.07, 6.45) is 0.995. The first kappa shape index (κ1) is 15.3. The van der Waals surface area contributed by atoms with Gasteiger partial charge >= 0.3 is 0 Å². The normalized spacial score (nSPS) is 12.0. The van der Waals surface area contributed by atoms with Crippen molar-refractivity contribution in [1.82, 2.24) is 0 Å². The Morgan fingerprint density at radius 3 is 2.48 bits per heavy atom. The fourth-order valence-electron chi connectivity index (χ4n) is 2.19. The molecular weight excluding hydrogens is 262 g/mol. The van der Waals surface area contributed by atoms with E-state index in [1.807, 2.05) is 37.3 Å². The summed E-state index contributed by atoms with van der Waals surface area (Å²) in [5.41, 5.74) is 3.77. The number of rotatable bonds is 5. The molecule has 0 radical (unpaired) electrons. The number of carbonyl (C=O) groups is 1. The second-order valence-corrected chi connectivity index (χ2v) is 5.16. The van der Waals surface area contributed by atoms with E-state index in [-0.39, 0.29) is 18.4 Å². The molecule has 0 aliphatic heterocycles. The Labute approximate surface area is 125 Å². The summed E-state index contributed by atoms with van der Waals surface area (Å²) in [4.78, 5) is 12.3. The molecule has 0 fully saturated rings. The number of hydrogen-bond acceptors (Lipinski definition) is 2. The van der Waals surface area contributed by atoms with Crippen molar-refractivity contribution in [2.24, 2.45) is 0 Å². The minimum atomic E-state index is -0.214. The number of carbonyl (C=O) groups excluding carboxylic acids is 1. The summed E-state index contributed by atoms with van der Waals surface area (Å²) in [5, 5.41) is 12.0. The average Bonchev–Trinajstić information content (AvgIpc) is 2.54. The van der Waals surface area contributed by atoms with Crippen molar-refractivity contribution in [1.29, 1.82) is 0 Å². The third-order valence-electron chi connectivity index (χ3n) is 3.66. The molecule has 0 aromatic heterocycles. The number of nitrogens with one attached hydrogen (secondary N) is 1. The van der Waals surface area contributed by atoms with Crippen molar-refractivity contribution in [2.75, 3.05) is 5.32 Å². The lowest BCUT2D eigenvalue weighted by Crippen LogP contribution is -2.18. The molecule has 110 valence electrons. The van der Waals surface area contributed by atoms with Gasteiger partial charge in [-0.05, 0) is 42.2 Å². The third kappa shape index (κ3) is 3.92. The summed E-state index contributed by atoms with van der Waals surface area (Å²) < 4.78 is 0. The van der Waals surface area contributed by atoms with Gasteiger partial charge in [0.25, 0.3) is 0 Å². The fraction of sp³-hybridized carbons (Fsp3) is 0.278. The van der Waals surface area contributed by atoms with Crippen LogP contribution >= 0.6 is 0 Å². The molecule has 0 bridgehead atoms. The second kappa shape index (κ2) is 7.04. The quantitative estimate of drug-likeness (QED) is 0.882. The Kier molecular flexibility index (Phi) is 5.12. The zero-order valence-electron chi connectivity index (χ0n) is 12.5. The first-order chi connectivity index (χ1) is 10.1. The Balaban J connectivity index is 2.07. The second-order valence-electron chi connectivity index (χ2n) is 5.16. The molecule has 2 aromatic carbocycles. The molecule has 1 amide bonds. The zero-order chi connectivity index (χ0) is 15.2. The number of aryl methyl sites for hydroxylation is 1. The van der Waals surface area contributed by atoms with E-state index in [0.29, 0.717) is 5.69 Å². The fourth-order valence-corrected chi connectivity index (χ4v) is 2.19. The molecular formula is C18H21NO2. The largest absolute Gasteiger partial charge is 0.392 e. The topological polar surface area (TPSA) is 49.3 Å². The molecule has 2 aromatic rings. The van der Waals surface area contributed by atoms with E-state index in [1.54, 1.807) is 6.07 Å². The molecule has 0 spiro atoms. The van der Waals surface area contributed by atoms with Crippen LogP contribution in [0.3, 0.4) is 0 Å². The maximum atomic E-state index is 12.3. The summed E-state index contributed by atoms with van der Waals surface area (Å²) >= 11 is 0. The van der Waals surface area contributed by atoms with Crippen LogP contribution in [-0.2, 0) is 17.8 Å². The van der Waals surface area contributed by atoms with E-state index < -0.39 is 0 Å². The van der Waals surface area contributed by atoms with Crippen LogP contribution in [0.15, 0.2) is 48.5 Å². The Morgan fingerprint density at radius 2 is 1.86 bits per heavy atom. The van der Waals surface area contributed by atoms with E-state index in [1.165, 1.54) is 5.56 Å². The molecule has 1 unspecified atom stereocenters. The van der Waals surface area contributed by atoms with Crippen molar-refractivity contribution in [2.45, 2.75) is 32.8 Å². The Morgan fingerprint density at radius 1 is 1.14 bits per heavy atom.